The fourth-order valence-corrected chi connectivity index (χ4v) is 2.52. The summed E-state index contributed by atoms with van der Waals surface area (Å²) in [6.45, 7) is 0. The minimum Gasteiger partial charge on any atom is -0.346 e. The third-order valence-electron chi connectivity index (χ3n) is 3.45. The van der Waals surface area contributed by atoms with Crippen molar-refractivity contribution in [3.63, 3.8) is 0 Å². The summed E-state index contributed by atoms with van der Waals surface area (Å²) in [6, 6.07) is 8.13. The van der Waals surface area contributed by atoms with Gasteiger partial charge in [0.1, 0.15) is 11.3 Å². The molecule has 92 valence electrons. The Morgan fingerprint density at radius 2 is 1.32 bits per heavy atom. The van der Waals surface area contributed by atoms with Crippen molar-refractivity contribution >= 4 is 22.1 Å². The Morgan fingerprint density at radius 1 is 0.789 bits per heavy atom. The van der Waals surface area contributed by atoms with E-state index in [1.165, 1.54) is 21.9 Å². The first kappa shape index (κ1) is 10.3. The summed E-state index contributed by atoms with van der Waals surface area (Å²) in [6.07, 6.45) is 8.55. The molecule has 2 N–H and O–H groups in total. The van der Waals surface area contributed by atoms with E-state index in [0.29, 0.717) is 0 Å². The van der Waals surface area contributed by atoms with Gasteiger partial charge in [0.05, 0.1) is 0 Å². The summed E-state index contributed by atoms with van der Waals surface area (Å²) in [5.41, 5.74) is 4.40. The van der Waals surface area contributed by atoms with E-state index < -0.39 is 0 Å². The van der Waals surface area contributed by atoms with E-state index in [9.17, 15) is 0 Å². The first-order chi connectivity index (χ1) is 9.42. The maximum absolute atomic E-state index is 4.32. The summed E-state index contributed by atoms with van der Waals surface area (Å²) in [5, 5.41) is 2.36. The van der Waals surface area contributed by atoms with Crippen LogP contribution >= 0.6 is 0 Å². The molecule has 4 nitrogen and oxygen atoms in total. The summed E-state index contributed by atoms with van der Waals surface area (Å²) in [4.78, 5) is 15.1. The van der Waals surface area contributed by atoms with Gasteiger partial charge in [-0.25, -0.2) is 9.97 Å². The first-order valence-corrected chi connectivity index (χ1v) is 6.24. The first-order valence-electron chi connectivity index (χ1n) is 6.24. The van der Waals surface area contributed by atoms with Gasteiger partial charge in [-0.2, -0.15) is 0 Å². The number of aromatic nitrogens is 4. The average Bonchev–Trinajstić information content (AvgIpc) is 3.05. The Bertz CT molecular complexity index is 784. The normalized spacial score (nSPS) is 11.4. The van der Waals surface area contributed by atoms with E-state index in [1.807, 2.05) is 24.5 Å². The molecule has 4 rings (SSSR count). The molecular weight excluding hydrogens is 236 g/mol. The zero-order chi connectivity index (χ0) is 12.7. The fourth-order valence-electron chi connectivity index (χ4n) is 2.52. The number of hydrogen-bond acceptors (Lipinski definition) is 2. The highest BCUT2D eigenvalue weighted by Crippen LogP contribution is 2.23. The molecule has 0 aromatic carbocycles. The van der Waals surface area contributed by atoms with Crippen molar-refractivity contribution < 1.29 is 0 Å². The molecule has 0 saturated carbocycles. The van der Waals surface area contributed by atoms with Gasteiger partial charge in [0, 0.05) is 42.0 Å². The molecule has 4 aromatic rings. The van der Waals surface area contributed by atoms with Gasteiger partial charge in [-0.05, 0) is 35.4 Å². The fraction of sp³-hybridized carbons (Fsp3) is 0.0667. The lowest BCUT2D eigenvalue weighted by atomic mass is 10.1. The van der Waals surface area contributed by atoms with Crippen LogP contribution in [0.25, 0.3) is 22.1 Å². The van der Waals surface area contributed by atoms with Gasteiger partial charge in [-0.1, -0.05) is 0 Å². The highest BCUT2D eigenvalue weighted by Gasteiger charge is 2.08. The molecule has 0 amide bonds. The van der Waals surface area contributed by atoms with E-state index in [2.05, 4.69) is 32.1 Å². The third kappa shape index (κ3) is 1.61. The number of nitrogens with zero attached hydrogens (tertiary/aromatic N) is 2. The number of pyridine rings is 2. The topological polar surface area (TPSA) is 57.4 Å². The Labute approximate surface area is 109 Å². The van der Waals surface area contributed by atoms with Crippen LogP contribution in [0, 0.1) is 0 Å². The molecule has 19 heavy (non-hydrogen) atoms. The molecule has 4 aromatic heterocycles. The van der Waals surface area contributed by atoms with Gasteiger partial charge < -0.3 is 9.97 Å². The zero-order valence-electron chi connectivity index (χ0n) is 10.2. The lowest BCUT2D eigenvalue weighted by Crippen LogP contribution is -1.85. The quantitative estimate of drug-likeness (QED) is 0.573. The van der Waals surface area contributed by atoms with Gasteiger partial charge in [-0.3, -0.25) is 0 Å². The standard InChI is InChI=1S/C15H12N4/c1-3-12-10(8-18-14(12)16-5-1)7-11-9-19-15-13(11)4-2-6-17-15/h1-6,8-9H,7H2,(H,16,18)(H,17,19). The van der Waals surface area contributed by atoms with Crippen molar-refractivity contribution in [2.75, 3.05) is 0 Å². The van der Waals surface area contributed by atoms with Crippen LogP contribution in [0.15, 0.2) is 49.1 Å². The van der Waals surface area contributed by atoms with E-state index in [1.54, 1.807) is 12.4 Å². The second-order valence-corrected chi connectivity index (χ2v) is 4.60. The smallest absolute Gasteiger partial charge is 0.137 e. The van der Waals surface area contributed by atoms with E-state index >= 15 is 0 Å². The second kappa shape index (κ2) is 3.95. The molecule has 0 aliphatic carbocycles. The van der Waals surface area contributed by atoms with Crippen LogP contribution < -0.4 is 0 Å². The molecular formula is C15H12N4. The van der Waals surface area contributed by atoms with Crippen LogP contribution in [0.4, 0.5) is 0 Å². The van der Waals surface area contributed by atoms with E-state index in [-0.39, 0.29) is 0 Å². The number of aromatic amines is 2. The van der Waals surface area contributed by atoms with Crippen LogP contribution in [0.2, 0.25) is 0 Å². The number of H-pyrrole nitrogens is 2. The van der Waals surface area contributed by atoms with Crippen molar-refractivity contribution in [1.29, 1.82) is 0 Å². The second-order valence-electron chi connectivity index (χ2n) is 4.60. The number of hydrogen-bond donors (Lipinski definition) is 2. The molecule has 0 spiro atoms. The SMILES string of the molecule is c1cnc2[nH]cc(Cc3c[nH]c4ncccc34)c2c1. The Kier molecular flexibility index (Phi) is 2.14. The Hall–Kier alpha value is -2.62. The van der Waals surface area contributed by atoms with Gasteiger partial charge in [0.25, 0.3) is 0 Å². The summed E-state index contributed by atoms with van der Waals surface area (Å²) in [5.74, 6) is 0. The maximum atomic E-state index is 4.32. The molecule has 4 heterocycles. The van der Waals surface area contributed by atoms with Crippen molar-refractivity contribution in [3.05, 3.63) is 60.2 Å². The Morgan fingerprint density at radius 3 is 1.84 bits per heavy atom. The molecule has 0 saturated heterocycles. The highest BCUT2D eigenvalue weighted by atomic mass is 14.8. The van der Waals surface area contributed by atoms with E-state index in [4.69, 9.17) is 0 Å². The molecule has 4 heteroatoms. The lowest BCUT2D eigenvalue weighted by molar-refractivity contribution is 1.22. The molecule has 0 aliphatic rings. The molecule has 0 unspecified atom stereocenters. The molecule has 0 atom stereocenters. The predicted octanol–water partition coefficient (Wildman–Crippen LogP) is 3.03. The lowest BCUT2D eigenvalue weighted by Gasteiger charge is -1.98. The van der Waals surface area contributed by atoms with Crippen molar-refractivity contribution in [3.8, 4) is 0 Å². The number of fused-ring (bicyclic) bond motifs is 2. The maximum Gasteiger partial charge on any atom is 0.137 e. The minimum absolute atomic E-state index is 0.872. The van der Waals surface area contributed by atoms with Gasteiger partial charge in [0.15, 0.2) is 0 Å². The largest absolute Gasteiger partial charge is 0.346 e. The van der Waals surface area contributed by atoms with Crippen LogP contribution in [0.1, 0.15) is 11.1 Å². The molecule has 0 bridgehead atoms. The van der Waals surface area contributed by atoms with Crippen LogP contribution in [-0.2, 0) is 6.42 Å². The molecule has 0 fully saturated rings. The van der Waals surface area contributed by atoms with Gasteiger partial charge in [-0.15, -0.1) is 0 Å². The van der Waals surface area contributed by atoms with Gasteiger partial charge in [0.2, 0.25) is 0 Å². The van der Waals surface area contributed by atoms with E-state index in [0.717, 1.165) is 17.7 Å². The third-order valence-corrected chi connectivity index (χ3v) is 3.45. The monoisotopic (exact) mass is 248 g/mol. The highest BCUT2D eigenvalue weighted by molar-refractivity contribution is 5.83. The summed E-state index contributed by atoms with van der Waals surface area (Å²) >= 11 is 0. The molecule has 0 radical (unpaired) electrons. The number of rotatable bonds is 2. The summed E-state index contributed by atoms with van der Waals surface area (Å²) < 4.78 is 0. The van der Waals surface area contributed by atoms with Crippen molar-refractivity contribution in [2.45, 2.75) is 6.42 Å². The van der Waals surface area contributed by atoms with Gasteiger partial charge >= 0.3 is 0 Å². The van der Waals surface area contributed by atoms with Crippen molar-refractivity contribution in [1.82, 2.24) is 19.9 Å². The van der Waals surface area contributed by atoms with Crippen molar-refractivity contribution in [2.24, 2.45) is 0 Å². The molecule has 0 aliphatic heterocycles. The summed E-state index contributed by atoms with van der Waals surface area (Å²) in [7, 11) is 0. The predicted molar refractivity (Wildman–Crippen MR) is 75.0 cm³/mol. The van der Waals surface area contributed by atoms with Crippen LogP contribution in [0.5, 0.6) is 0 Å². The van der Waals surface area contributed by atoms with Crippen LogP contribution in [-0.4, -0.2) is 19.9 Å². The minimum atomic E-state index is 0.872. The zero-order valence-corrected chi connectivity index (χ0v) is 10.2. The number of nitrogens with one attached hydrogen (secondary N) is 2. The Balaban J connectivity index is 1.82. The van der Waals surface area contributed by atoms with Crippen LogP contribution in [0.3, 0.4) is 0 Å². The average molecular weight is 248 g/mol.